The minimum absolute atomic E-state index is 0.357. The second-order valence-electron chi connectivity index (χ2n) is 6.79. The van der Waals surface area contributed by atoms with E-state index in [0.717, 1.165) is 21.1 Å². The van der Waals surface area contributed by atoms with E-state index < -0.39 is 11.8 Å². The van der Waals surface area contributed by atoms with Crippen LogP contribution in [0.1, 0.15) is 23.1 Å². The third-order valence-electron chi connectivity index (χ3n) is 4.44. The van der Waals surface area contributed by atoms with Crippen LogP contribution in [-0.2, 0) is 16.0 Å². The van der Waals surface area contributed by atoms with Crippen LogP contribution in [0.25, 0.3) is 10.6 Å². The Morgan fingerprint density at radius 1 is 1.07 bits per heavy atom. The van der Waals surface area contributed by atoms with Gasteiger partial charge in [0.1, 0.15) is 10.8 Å². The highest BCUT2D eigenvalue weighted by molar-refractivity contribution is 7.15. The Morgan fingerprint density at radius 3 is 2.63 bits per heavy atom. The highest BCUT2D eigenvalue weighted by atomic mass is 32.1. The molecule has 7 heteroatoms. The van der Waals surface area contributed by atoms with Gasteiger partial charge in [0, 0.05) is 23.4 Å². The molecule has 0 unspecified atom stereocenters. The van der Waals surface area contributed by atoms with Crippen molar-refractivity contribution in [3.05, 3.63) is 64.7 Å². The molecular formula is C23H25N3O3S. The lowest BCUT2D eigenvalue weighted by molar-refractivity contribution is -0.136. The Balaban J connectivity index is 1.55. The van der Waals surface area contributed by atoms with E-state index in [9.17, 15) is 9.59 Å². The molecule has 0 aliphatic rings. The summed E-state index contributed by atoms with van der Waals surface area (Å²) in [4.78, 5) is 30.1. The largest absolute Gasteiger partial charge is 0.492 e. The number of thiazole rings is 1. The zero-order valence-electron chi connectivity index (χ0n) is 17.3. The Morgan fingerprint density at radius 2 is 1.87 bits per heavy atom. The first-order valence-electron chi connectivity index (χ1n) is 9.82. The molecule has 0 radical (unpaired) electrons. The number of aryl methyl sites for hydroxylation is 2. The lowest BCUT2D eigenvalue weighted by Gasteiger charge is -2.11. The molecule has 2 amide bonds. The van der Waals surface area contributed by atoms with E-state index in [1.807, 2.05) is 32.0 Å². The number of amides is 2. The number of nitrogens with zero attached hydrogens (tertiary/aromatic N) is 1. The molecule has 2 N–H and O–H groups in total. The topological polar surface area (TPSA) is 80.3 Å². The zero-order chi connectivity index (χ0) is 21.5. The molecule has 0 aliphatic carbocycles. The number of hydrogen-bond donors (Lipinski definition) is 2. The molecule has 0 fully saturated rings. The molecule has 3 rings (SSSR count). The maximum Gasteiger partial charge on any atom is 0.313 e. The fraction of sp³-hybridized carbons (Fsp3) is 0.261. The van der Waals surface area contributed by atoms with Crippen molar-refractivity contribution in [3.63, 3.8) is 0 Å². The number of benzene rings is 2. The van der Waals surface area contributed by atoms with Gasteiger partial charge in [-0.25, -0.2) is 4.98 Å². The van der Waals surface area contributed by atoms with E-state index in [-0.39, 0.29) is 0 Å². The summed E-state index contributed by atoms with van der Waals surface area (Å²) >= 11 is 1.61. The number of ether oxygens (including phenoxy) is 1. The molecule has 0 atom stereocenters. The Kier molecular flexibility index (Phi) is 7.19. The molecule has 2 aromatic carbocycles. The smallest absolute Gasteiger partial charge is 0.313 e. The maximum absolute atomic E-state index is 12.2. The number of para-hydroxylation sites is 2. The molecule has 1 heterocycles. The lowest BCUT2D eigenvalue weighted by atomic mass is 10.1. The lowest BCUT2D eigenvalue weighted by Crippen LogP contribution is -2.36. The van der Waals surface area contributed by atoms with Gasteiger partial charge in [0.2, 0.25) is 0 Å². The van der Waals surface area contributed by atoms with Crippen molar-refractivity contribution in [2.75, 3.05) is 18.5 Å². The van der Waals surface area contributed by atoms with Crippen molar-refractivity contribution < 1.29 is 14.3 Å². The highest BCUT2D eigenvalue weighted by Gasteiger charge is 2.16. The standard InChI is InChI=1S/C23H25N3O3S/c1-4-29-19-11-6-5-10-18(19)26-22(28)21(27)24-13-12-20-16(3)25-23(30-20)17-9-7-8-15(2)14-17/h5-11,14H,4,12-13H2,1-3H3,(H,24,27)(H,26,28). The highest BCUT2D eigenvalue weighted by Crippen LogP contribution is 2.28. The summed E-state index contributed by atoms with van der Waals surface area (Å²) in [5, 5.41) is 6.24. The normalized spacial score (nSPS) is 10.5. The van der Waals surface area contributed by atoms with Gasteiger partial charge in [0.25, 0.3) is 0 Å². The molecule has 6 nitrogen and oxygen atoms in total. The predicted molar refractivity (Wildman–Crippen MR) is 120 cm³/mol. The summed E-state index contributed by atoms with van der Waals surface area (Å²) in [6.07, 6.45) is 0.615. The second-order valence-corrected chi connectivity index (χ2v) is 7.87. The SMILES string of the molecule is CCOc1ccccc1NC(=O)C(=O)NCCc1sc(-c2cccc(C)c2)nc1C. The molecule has 3 aromatic rings. The molecular weight excluding hydrogens is 398 g/mol. The van der Waals surface area contributed by atoms with E-state index >= 15 is 0 Å². The van der Waals surface area contributed by atoms with Gasteiger partial charge in [-0.3, -0.25) is 9.59 Å². The zero-order valence-corrected chi connectivity index (χ0v) is 18.1. The van der Waals surface area contributed by atoms with Gasteiger partial charge in [-0.1, -0.05) is 35.9 Å². The van der Waals surface area contributed by atoms with Gasteiger partial charge < -0.3 is 15.4 Å². The van der Waals surface area contributed by atoms with Crippen molar-refractivity contribution in [2.24, 2.45) is 0 Å². The average molecular weight is 424 g/mol. The Hall–Kier alpha value is -3.19. The molecule has 0 bridgehead atoms. The summed E-state index contributed by atoms with van der Waals surface area (Å²) in [6.45, 7) is 6.70. The maximum atomic E-state index is 12.2. The van der Waals surface area contributed by atoms with Gasteiger partial charge >= 0.3 is 11.8 Å². The summed E-state index contributed by atoms with van der Waals surface area (Å²) in [5.74, 6) is -0.865. The first-order valence-corrected chi connectivity index (χ1v) is 10.6. The molecule has 30 heavy (non-hydrogen) atoms. The van der Waals surface area contributed by atoms with Gasteiger partial charge in [-0.05, 0) is 39.0 Å². The fourth-order valence-electron chi connectivity index (χ4n) is 2.96. The van der Waals surface area contributed by atoms with Crippen molar-refractivity contribution >= 4 is 28.8 Å². The first kappa shape index (κ1) is 21.5. The number of anilines is 1. The van der Waals surface area contributed by atoms with E-state index in [1.165, 1.54) is 5.56 Å². The van der Waals surface area contributed by atoms with Crippen molar-refractivity contribution in [1.82, 2.24) is 10.3 Å². The number of aromatic nitrogens is 1. The van der Waals surface area contributed by atoms with E-state index in [0.29, 0.717) is 31.0 Å². The first-order chi connectivity index (χ1) is 14.5. The summed E-state index contributed by atoms with van der Waals surface area (Å²) in [6, 6.07) is 15.2. The molecule has 0 spiro atoms. The van der Waals surface area contributed by atoms with Crippen LogP contribution in [0.3, 0.4) is 0 Å². The van der Waals surface area contributed by atoms with E-state index in [2.05, 4.69) is 34.7 Å². The van der Waals surface area contributed by atoms with Crippen molar-refractivity contribution in [1.29, 1.82) is 0 Å². The van der Waals surface area contributed by atoms with Crippen LogP contribution in [-0.4, -0.2) is 29.9 Å². The summed E-state index contributed by atoms with van der Waals surface area (Å²) < 4.78 is 5.46. The second kappa shape index (κ2) is 10.0. The monoisotopic (exact) mass is 423 g/mol. The summed E-state index contributed by atoms with van der Waals surface area (Å²) in [5.41, 5.74) is 3.69. The molecule has 156 valence electrons. The van der Waals surface area contributed by atoms with Crippen LogP contribution in [0.15, 0.2) is 48.5 Å². The van der Waals surface area contributed by atoms with E-state index in [4.69, 9.17) is 4.74 Å². The van der Waals surface area contributed by atoms with Crippen LogP contribution in [0.4, 0.5) is 5.69 Å². The van der Waals surface area contributed by atoms with Gasteiger partial charge in [0.15, 0.2) is 0 Å². The molecule has 1 aromatic heterocycles. The molecule has 0 aliphatic heterocycles. The minimum atomic E-state index is -0.719. The number of carbonyl (C=O) groups is 2. The predicted octanol–water partition coefficient (Wildman–Crippen LogP) is 4.12. The van der Waals surface area contributed by atoms with Crippen LogP contribution in [0.2, 0.25) is 0 Å². The fourth-order valence-corrected chi connectivity index (χ4v) is 4.02. The number of carbonyl (C=O) groups excluding carboxylic acids is 2. The van der Waals surface area contributed by atoms with Crippen molar-refractivity contribution in [3.8, 4) is 16.3 Å². The van der Waals surface area contributed by atoms with Gasteiger partial charge in [-0.2, -0.15) is 0 Å². The number of rotatable bonds is 7. The van der Waals surface area contributed by atoms with Crippen LogP contribution >= 0.6 is 11.3 Å². The van der Waals surface area contributed by atoms with Crippen LogP contribution in [0.5, 0.6) is 5.75 Å². The molecule has 0 saturated carbocycles. The van der Waals surface area contributed by atoms with E-state index in [1.54, 1.807) is 29.5 Å². The minimum Gasteiger partial charge on any atom is -0.492 e. The van der Waals surface area contributed by atoms with Crippen LogP contribution < -0.4 is 15.4 Å². The van der Waals surface area contributed by atoms with Crippen molar-refractivity contribution in [2.45, 2.75) is 27.2 Å². The third-order valence-corrected chi connectivity index (χ3v) is 5.70. The molecule has 0 saturated heterocycles. The van der Waals surface area contributed by atoms with Crippen LogP contribution in [0, 0.1) is 13.8 Å². The van der Waals surface area contributed by atoms with Gasteiger partial charge in [0.05, 0.1) is 18.0 Å². The number of nitrogens with one attached hydrogen (secondary N) is 2. The summed E-state index contributed by atoms with van der Waals surface area (Å²) in [7, 11) is 0. The third kappa shape index (κ3) is 5.45. The van der Waals surface area contributed by atoms with Gasteiger partial charge in [-0.15, -0.1) is 11.3 Å². The Labute approximate surface area is 180 Å². The Bertz CT molecular complexity index is 1050. The number of hydrogen-bond acceptors (Lipinski definition) is 5. The average Bonchev–Trinajstić information content (AvgIpc) is 3.10. The quantitative estimate of drug-likeness (QED) is 0.560.